The number of nitriles is 1. The van der Waals surface area contributed by atoms with Crippen molar-refractivity contribution in [3.8, 4) is 16.5 Å². The Hall–Kier alpha value is -1.63. The van der Waals surface area contributed by atoms with Gasteiger partial charge in [-0.3, -0.25) is 0 Å². The van der Waals surface area contributed by atoms with E-state index < -0.39 is 0 Å². The van der Waals surface area contributed by atoms with Crippen molar-refractivity contribution in [2.75, 3.05) is 0 Å². The molecule has 3 aromatic rings. The Morgan fingerprint density at radius 3 is 2.43 bits per heavy atom. The van der Waals surface area contributed by atoms with Crippen molar-refractivity contribution in [2.45, 2.75) is 32.6 Å². The first-order chi connectivity index (χ1) is 10.3. The first-order valence-electron chi connectivity index (χ1n) is 7.33. The largest absolute Gasteiger partial charge is 0.192 e. The van der Waals surface area contributed by atoms with Gasteiger partial charge in [0, 0.05) is 19.2 Å². The average molecular weight is 311 g/mol. The van der Waals surface area contributed by atoms with Crippen LogP contribution in [0.25, 0.3) is 19.8 Å². The number of fused-ring (bicyclic) bond motifs is 1. The van der Waals surface area contributed by atoms with Crippen LogP contribution in [0.3, 0.4) is 0 Å². The zero-order valence-electron chi connectivity index (χ0n) is 12.1. The van der Waals surface area contributed by atoms with Crippen LogP contribution in [0.15, 0.2) is 36.4 Å². The highest BCUT2D eigenvalue weighted by Crippen LogP contribution is 2.38. The summed E-state index contributed by atoms with van der Waals surface area (Å²) in [6.45, 7) is 2.25. The van der Waals surface area contributed by atoms with E-state index in [2.05, 4.69) is 25.1 Å². The quantitative estimate of drug-likeness (QED) is 0.512. The summed E-state index contributed by atoms with van der Waals surface area (Å²) in [4.78, 5) is 2.80. The standard InChI is InChI=1S/C18H17NS2/c1-2-3-4-5-15-10-17-18(20-15)11-16(21-17)14-8-6-13(12-19)7-9-14/h6-11H,2-5H2,1H3. The van der Waals surface area contributed by atoms with Crippen LogP contribution >= 0.6 is 22.7 Å². The minimum atomic E-state index is 0.718. The minimum absolute atomic E-state index is 0.718. The first kappa shape index (κ1) is 14.3. The van der Waals surface area contributed by atoms with Crippen molar-refractivity contribution in [2.24, 2.45) is 0 Å². The van der Waals surface area contributed by atoms with Gasteiger partial charge in [-0.1, -0.05) is 31.9 Å². The van der Waals surface area contributed by atoms with E-state index in [4.69, 9.17) is 5.26 Å². The number of thiophene rings is 2. The third-order valence-electron chi connectivity index (χ3n) is 3.58. The summed E-state index contributed by atoms with van der Waals surface area (Å²) in [5, 5.41) is 8.85. The molecule has 0 radical (unpaired) electrons. The highest BCUT2D eigenvalue weighted by atomic mass is 32.1. The summed E-state index contributed by atoms with van der Waals surface area (Å²) in [7, 11) is 0. The molecule has 2 aromatic heterocycles. The van der Waals surface area contributed by atoms with Crippen molar-refractivity contribution < 1.29 is 0 Å². The number of hydrogen-bond acceptors (Lipinski definition) is 3. The molecule has 0 fully saturated rings. The molecule has 0 saturated heterocycles. The summed E-state index contributed by atoms with van der Waals surface area (Å²) < 4.78 is 2.79. The maximum absolute atomic E-state index is 8.85. The second-order valence-corrected chi connectivity index (χ2v) is 7.45. The van der Waals surface area contributed by atoms with Gasteiger partial charge in [0.25, 0.3) is 0 Å². The summed E-state index contributed by atoms with van der Waals surface area (Å²) in [6, 6.07) is 14.7. The summed E-state index contributed by atoms with van der Waals surface area (Å²) in [6.07, 6.45) is 5.11. The van der Waals surface area contributed by atoms with Gasteiger partial charge in [-0.2, -0.15) is 5.26 Å². The number of aryl methyl sites for hydroxylation is 1. The number of unbranched alkanes of at least 4 members (excludes halogenated alkanes) is 2. The van der Waals surface area contributed by atoms with Crippen molar-refractivity contribution in [3.63, 3.8) is 0 Å². The Bertz CT molecular complexity index is 740. The average Bonchev–Trinajstić information content (AvgIpc) is 3.06. The lowest BCUT2D eigenvalue weighted by Gasteiger charge is -1.97. The van der Waals surface area contributed by atoms with Gasteiger partial charge in [-0.05, 0) is 42.7 Å². The van der Waals surface area contributed by atoms with Crippen LogP contribution < -0.4 is 0 Å². The Balaban J connectivity index is 1.81. The fourth-order valence-corrected chi connectivity index (χ4v) is 4.88. The lowest BCUT2D eigenvalue weighted by molar-refractivity contribution is 0.723. The predicted molar refractivity (Wildman–Crippen MR) is 93.1 cm³/mol. The second-order valence-electron chi connectivity index (χ2n) is 5.20. The van der Waals surface area contributed by atoms with Crippen LogP contribution in [-0.4, -0.2) is 0 Å². The molecular weight excluding hydrogens is 294 g/mol. The zero-order chi connectivity index (χ0) is 14.7. The fraction of sp³-hybridized carbons (Fsp3) is 0.278. The van der Waals surface area contributed by atoms with Gasteiger partial charge in [0.2, 0.25) is 0 Å². The van der Waals surface area contributed by atoms with Crippen molar-refractivity contribution in [1.29, 1.82) is 5.26 Å². The molecule has 0 aliphatic carbocycles. The van der Waals surface area contributed by atoms with Gasteiger partial charge in [-0.15, -0.1) is 22.7 Å². The van der Waals surface area contributed by atoms with Crippen molar-refractivity contribution in [1.82, 2.24) is 0 Å². The van der Waals surface area contributed by atoms with Crippen LogP contribution in [0.5, 0.6) is 0 Å². The summed E-state index contributed by atoms with van der Waals surface area (Å²) in [5.41, 5.74) is 1.92. The number of nitrogens with zero attached hydrogens (tertiary/aromatic N) is 1. The normalized spacial score (nSPS) is 10.9. The molecule has 1 aromatic carbocycles. The third-order valence-corrected chi connectivity index (χ3v) is 5.99. The zero-order valence-corrected chi connectivity index (χ0v) is 13.7. The number of rotatable bonds is 5. The van der Waals surface area contributed by atoms with E-state index in [1.807, 2.05) is 46.9 Å². The molecule has 2 heterocycles. The minimum Gasteiger partial charge on any atom is -0.192 e. The SMILES string of the molecule is CCCCCc1cc2sc(-c3ccc(C#N)cc3)cc2s1. The molecule has 3 heteroatoms. The van der Waals surface area contributed by atoms with Gasteiger partial charge in [0.1, 0.15) is 0 Å². The van der Waals surface area contributed by atoms with Crippen LogP contribution in [-0.2, 0) is 6.42 Å². The molecule has 106 valence electrons. The molecule has 0 bridgehead atoms. The Morgan fingerprint density at radius 1 is 1.00 bits per heavy atom. The Morgan fingerprint density at radius 2 is 1.76 bits per heavy atom. The fourth-order valence-electron chi connectivity index (χ4n) is 2.41. The van der Waals surface area contributed by atoms with Crippen LogP contribution in [0.1, 0.15) is 36.6 Å². The van der Waals surface area contributed by atoms with Crippen LogP contribution in [0.2, 0.25) is 0 Å². The topological polar surface area (TPSA) is 23.8 Å². The van der Waals surface area contributed by atoms with E-state index >= 15 is 0 Å². The first-order valence-corrected chi connectivity index (χ1v) is 8.96. The van der Waals surface area contributed by atoms with E-state index in [-0.39, 0.29) is 0 Å². The lowest BCUT2D eigenvalue weighted by Crippen LogP contribution is -1.79. The molecule has 0 atom stereocenters. The highest BCUT2D eigenvalue weighted by molar-refractivity contribution is 7.29. The number of benzene rings is 1. The smallest absolute Gasteiger partial charge is 0.0991 e. The molecule has 3 rings (SSSR count). The van der Waals surface area contributed by atoms with Crippen LogP contribution in [0, 0.1) is 11.3 Å². The van der Waals surface area contributed by atoms with Crippen LogP contribution in [0.4, 0.5) is 0 Å². The molecule has 0 spiro atoms. The maximum Gasteiger partial charge on any atom is 0.0991 e. The van der Waals surface area contributed by atoms with Gasteiger partial charge in [0.05, 0.1) is 11.6 Å². The van der Waals surface area contributed by atoms with E-state index in [0.717, 1.165) is 5.56 Å². The second kappa shape index (κ2) is 6.43. The molecule has 0 N–H and O–H groups in total. The molecule has 0 unspecified atom stereocenters. The molecule has 0 amide bonds. The third kappa shape index (κ3) is 3.18. The molecule has 0 aliphatic rings. The summed E-state index contributed by atoms with van der Waals surface area (Å²) >= 11 is 3.78. The van der Waals surface area contributed by atoms with E-state index in [1.165, 1.54) is 50.4 Å². The molecule has 1 nitrogen and oxygen atoms in total. The molecular formula is C18H17NS2. The van der Waals surface area contributed by atoms with Crippen molar-refractivity contribution >= 4 is 32.1 Å². The molecule has 21 heavy (non-hydrogen) atoms. The summed E-state index contributed by atoms with van der Waals surface area (Å²) in [5.74, 6) is 0. The predicted octanol–water partition coefficient (Wildman–Crippen LogP) is 6.23. The van der Waals surface area contributed by atoms with Gasteiger partial charge >= 0.3 is 0 Å². The van der Waals surface area contributed by atoms with E-state index in [1.54, 1.807) is 0 Å². The van der Waals surface area contributed by atoms with Gasteiger partial charge < -0.3 is 0 Å². The van der Waals surface area contributed by atoms with E-state index in [9.17, 15) is 0 Å². The van der Waals surface area contributed by atoms with Crippen molar-refractivity contribution in [3.05, 3.63) is 46.8 Å². The Labute approximate surface area is 133 Å². The maximum atomic E-state index is 8.85. The molecule has 0 saturated carbocycles. The monoisotopic (exact) mass is 311 g/mol. The highest BCUT2D eigenvalue weighted by Gasteiger charge is 2.08. The number of hydrogen-bond donors (Lipinski definition) is 0. The van der Waals surface area contributed by atoms with E-state index in [0.29, 0.717) is 0 Å². The van der Waals surface area contributed by atoms with Gasteiger partial charge in [0.15, 0.2) is 0 Å². The lowest BCUT2D eigenvalue weighted by atomic mass is 10.1. The van der Waals surface area contributed by atoms with Gasteiger partial charge in [-0.25, -0.2) is 0 Å². The molecule has 0 aliphatic heterocycles. The Kier molecular flexibility index (Phi) is 4.38.